The SMILES string of the molecule is CC#CC(=O)N[C@H]1C[C@H](O)CN(c2c(F)cc(C(N)=O)c3[nH]c(C)c(C)c23)C1. The summed E-state index contributed by atoms with van der Waals surface area (Å²) in [5.41, 5.74) is 7.84. The summed E-state index contributed by atoms with van der Waals surface area (Å²) in [7, 11) is 0. The van der Waals surface area contributed by atoms with Gasteiger partial charge in [-0.25, -0.2) is 4.39 Å². The summed E-state index contributed by atoms with van der Waals surface area (Å²) in [6.45, 7) is 5.74. The molecule has 1 saturated heterocycles. The second kappa shape index (κ2) is 7.52. The number of carbonyl (C=O) groups excluding carboxylic acids is 2. The van der Waals surface area contributed by atoms with Gasteiger partial charge in [0.25, 0.3) is 11.8 Å². The first kappa shape index (κ1) is 19.7. The van der Waals surface area contributed by atoms with Crippen LogP contribution in [0.3, 0.4) is 0 Å². The van der Waals surface area contributed by atoms with E-state index in [1.54, 1.807) is 11.8 Å². The van der Waals surface area contributed by atoms with Crippen LogP contribution in [0.1, 0.15) is 35.0 Å². The number of nitrogens with one attached hydrogen (secondary N) is 2. The number of rotatable bonds is 3. The van der Waals surface area contributed by atoms with Crippen molar-refractivity contribution in [3.8, 4) is 11.8 Å². The highest BCUT2D eigenvalue weighted by atomic mass is 19.1. The Kier molecular flexibility index (Phi) is 5.29. The molecule has 0 aliphatic carbocycles. The summed E-state index contributed by atoms with van der Waals surface area (Å²) in [5.74, 6) is 3.17. The van der Waals surface area contributed by atoms with Crippen LogP contribution in [0, 0.1) is 31.5 Å². The van der Waals surface area contributed by atoms with Crippen molar-refractivity contribution < 1.29 is 19.1 Å². The predicted octanol–water partition coefficient (Wildman–Crippen LogP) is 1.10. The monoisotopic (exact) mass is 386 g/mol. The third-order valence-corrected chi connectivity index (χ3v) is 5.09. The Bertz CT molecular complexity index is 1020. The summed E-state index contributed by atoms with van der Waals surface area (Å²) in [6.07, 6.45) is -0.401. The van der Waals surface area contributed by atoms with E-state index in [1.165, 1.54) is 0 Å². The molecule has 8 heteroatoms. The maximum absolute atomic E-state index is 15.1. The minimum absolute atomic E-state index is 0.0769. The number of primary amides is 1. The standard InChI is InChI=1S/C20H23FN4O3/c1-4-5-16(27)24-12-6-13(26)9-25(8-12)19-15(21)7-14(20(22)28)18-17(19)10(2)11(3)23-18/h7,12-13,23,26H,6,8-9H2,1-3H3,(H2,22,28)(H,24,27)/t12-,13-/m0/s1. The largest absolute Gasteiger partial charge is 0.391 e. The molecule has 28 heavy (non-hydrogen) atoms. The molecule has 5 N–H and O–H groups in total. The average Bonchev–Trinajstić information content (AvgIpc) is 2.89. The fourth-order valence-corrected chi connectivity index (χ4v) is 3.80. The second-order valence-corrected chi connectivity index (χ2v) is 7.08. The van der Waals surface area contributed by atoms with Crippen molar-refractivity contribution >= 4 is 28.4 Å². The minimum atomic E-state index is -0.751. The van der Waals surface area contributed by atoms with Gasteiger partial charge in [-0.2, -0.15) is 0 Å². The number of benzene rings is 1. The van der Waals surface area contributed by atoms with Crippen molar-refractivity contribution in [2.45, 2.75) is 39.3 Å². The Morgan fingerprint density at radius 1 is 1.39 bits per heavy atom. The van der Waals surface area contributed by atoms with Crippen molar-refractivity contribution in [1.82, 2.24) is 10.3 Å². The zero-order valence-electron chi connectivity index (χ0n) is 16.0. The predicted molar refractivity (Wildman–Crippen MR) is 104 cm³/mol. The molecule has 1 aliphatic rings. The molecule has 0 saturated carbocycles. The summed E-state index contributed by atoms with van der Waals surface area (Å²) < 4.78 is 15.1. The van der Waals surface area contributed by atoms with E-state index >= 15 is 4.39 Å². The van der Waals surface area contributed by atoms with Crippen molar-refractivity contribution in [3.05, 3.63) is 28.7 Å². The number of β-amino-alcohol motifs (C(OH)–C–C–N with tert-alkyl or cyclic N) is 1. The summed E-state index contributed by atoms with van der Waals surface area (Å²) in [6, 6.07) is 0.731. The molecule has 2 atom stereocenters. The Balaban J connectivity index is 2.08. The van der Waals surface area contributed by atoms with Crippen molar-refractivity contribution in [3.63, 3.8) is 0 Å². The molecule has 2 aromatic rings. The van der Waals surface area contributed by atoms with Crippen LogP contribution in [-0.4, -0.2) is 47.1 Å². The van der Waals surface area contributed by atoms with Crippen LogP contribution in [0.25, 0.3) is 10.9 Å². The highest BCUT2D eigenvalue weighted by Gasteiger charge is 2.31. The van der Waals surface area contributed by atoms with Gasteiger partial charge in [0.15, 0.2) is 0 Å². The van der Waals surface area contributed by atoms with Crippen LogP contribution in [0.4, 0.5) is 10.1 Å². The number of aromatic nitrogens is 1. The first-order chi connectivity index (χ1) is 13.2. The Hall–Kier alpha value is -3.05. The van der Waals surface area contributed by atoms with Crippen LogP contribution >= 0.6 is 0 Å². The summed E-state index contributed by atoms with van der Waals surface area (Å²) in [4.78, 5) is 28.4. The molecule has 1 aromatic heterocycles. The highest BCUT2D eigenvalue weighted by Crippen LogP contribution is 2.37. The first-order valence-electron chi connectivity index (χ1n) is 9.00. The number of H-pyrrole nitrogens is 1. The number of hydrogen-bond acceptors (Lipinski definition) is 4. The van der Waals surface area contributed by atoms with Crippen LogP contribution in [0.5, 0.6) is 0 Å². The van der Waals surface area contributed by atoms with Gasteiger partial charge in [0.05, 0.1) is 22.9 Å². The van der Waals surface area contributed by atoms with E-state index in [9.17, 15) is 14.7 Å². The number of aliphatic hydroxyl groups excluding tert-OH is 1. The number of aryl methyl sites for hydroxylation is 2. The van der Waals surface area contributed by atoms with Crippen LogP contribution in [-0.2, 0) is 4.79 Å². The summed E-state index contributed by atoms with van der Waals surface area (Å²) >= 11 is 0. The zero-order valence-corrected chi connectivity index (χ0v) is 16.0. The molecule has 1 aromatic carbocycles. The third kappa shape index (κ3) is 3.53. The first-order valence-corrected chi connectivity index (χ1v) is 9.00. The molecule has 0 spiro atoms. The number of fused-ring (bicyclic) bond motifs is 1. The molecule has 3 rings (SSSR count). The lowest BCUT2D eigenvalue weighted by atomic mass is 9.99. The Morgan fingerprint density at radius 3 is 2.75 bits per heavy atom. The number of piperidine rings is 1. The average molecular weight is 386 g/mol. The topological polar surface area (TPSA) is 111 Å². The van der Waals surface area contributed by atoms with E-state index < -0.39 is 23.7 Å². The molecule has 7 nitrogen and oxygen atoms in total. The van der Waals surface area contributed by atoms with E-state index in [1.807, 2.05) is 13.8 Å². The molecule has 0 radical (unpaired) electrons. The minimum Gasteiger partial charge on any atom is -0.391 e. The van der Waals surface area contributed by atoms with E-state index in [-0.39, 0.29) is 23.8 Å². The van der Waals surface area contributed by atoms with Gasteiger partial charge in [-0.15, -0.1) is 0 Å². The van der Waals surface area contributed by atoms with E-state index in [2.05, 4.69) is 22.1 Å². The van der Waals surface area contributed by atoms with Crippen LogP contribution in [0.2, 0.25) is 0 Å². The fourth-order valence-electron chi connectivity index (χ4n) is 3.80. The molecule has 148 valence electrons. The normalized spacial score (nSPS) is 19.2. The second-order valence-electron chi connectivity index (χ2n) is 7.08. The highest BCUT2D eigenvalue weighted by molar-refractivity contribution is 6.10. The van der Waals surface area contributed by atoms with E-state index in [4.69, 9.17) is 5.73 Å². The number of anilines is 1. The molecule has 2 amide bonds. The van der Waals surface area contributed by atoms with Crippen molar-refractivity contribution in [2.75, 3.05) is 18.0 Å². The van der Waals surface area contributed by atoms with Crippen molar-refractivity contribution in [2.24, 2.45) is 5.73 Å². The van der Waals surface area contributed by atoms with Crippen LogP contribution < -0.4 is 16.0 Å². The van der Waals surface area contributed by atoms with Gasteiger partial charge < -0.3 is 26.0 Å². The van der Waals surface area contributed by atoms with E-state index in [0.29, 0.717) is 23.9 Å². The zero-order chi connectivity index (χ0) is 20.6. The lowest BCUT2D eigenvalue weighted by molar-refractivity contribution is -0.116. The molecular weight excluding hydrogens is 363 g/mol. The number of aliphatic hydroxyl groups is 1. The number of nitrogens with zero attached hydrogens (tertiary/aromatic N) is 1. The number of amides is 2. The smallest absolute Gasteiger partial charge is 0.296 e. The number of halogens is 1. The summed E-state index contributed by atoms with van der Waals surface area (Å²) in [5, 5.41) is 13.6. The van der Waals surface area contributed by atoms with Gasteiger partial charge in [-0.1, -0.05) is 5.92 Å². The van der Waals surface area contributed by atoms with Gasteiger partial charge in [0, 0.05) is 30.2 Å². The van der Waals surface area contributed by atoms with E-state index in [0.717, 1.165) is 17.3 Å². The quantitative estimate of drug-likeness (QED) is 0.592. The van der Waals surface area contributed by atoms with Gasteiger partial charge in [0.1, 0.15) is 5.82 Å². The number of hydrogen-bond donors (Lipinski definition) is 4. The van der Waals surface area contributed by atoms with Gasteiger partial charge in [-0.05, 0) is 44.7 Å². The lowest BCUT2D eigenvalue weighted by Gasteiger charge is -2.37. The van der Waals surface area contributed by atoms with Gasteiger partial charge in [0.2, 0.25) is 0 Å². The number of aromatic amines is 1. The maximum Gasteiger partial charge on any atom is 0.296 e. The lowest BCUT2D eigenvalue weighted by Crippen LogP contribution is -2.52. The fraction of sp³-hybridized carbons (Fsp3) is 0.400. The van der Waals surface area contributed by atoms with Crippen molar-refractivity contribution in [1.29, 1.82) is 0 Å². The van der Waals surface area contributed by atoms with Gasteiger partial charge in [-0.3, -0.25) is 9.59 Å². The molecular formula is C20H23FN4O3. The maximum atomic E-state index is 15.1. The molecule has 2 heterocycles. The van der Waals surface area contributed by atoms with Crippen LogP contribution in [0.15, 0.2) is 6.07 Å². The molecule has 0 unspecified atom stereocenters. The number of carbonyl (C=O) groups is 2. The Morgan fingerprint density at radius 2 is 2.11 bits per heavy atom. The molecule has 1 fully saturated rings. The molecule has 0 bridgehead atoms. The molecule has 1 aliphatic heterocycles. The number of nitrogens with two attached hydrogens (primary N) is 1. The van der Waals surface area contributed by atoms with Gasteiger partial charge >= 0.3 is 0 Å². The Labute approximate surface area is 162 Å². The third-order valence-electron chi connectivity index (χ3n) is 5.09.